The molecule has 2 heterocycles. The molecule has 0 spiro atoms. The number of aliphatic hydroxyl groups excluding tert-OH is 8. The van der Waals surface area contributed by atoms with Crippen LogP contribution in [0.3, 0.4) is 0 Å². The third kappa shape index (κ3) is 14.3. The van der Waals surface area contributed by atoms with Crippen LogP contribution < -0.4 is 0 Å². The maximum atomic E-state index is 11.3. The Hall–Kier alpha value is -3.51. The highest BCUT2D eigenvalue weighted by Crippen LogP contribution is 2.40. The first-order valence-corrected chi connectivity index (χ1v) is 20.2. The van der Waals surface area contributed by atoms with Crippen molar-refractivity contribution in [2.24, 2.45) is 0 Å². The number of hydrogen-bond acceptors (Lipinski definition) is 20. The molecule has 0 bridgehead atoms. The number of aromatic hydroxyl groups is 4. The zero-order chi connectivity index (χ0) is 46.6. The van der Waals surface area contributed by atoms with Crippen molar-refractivity contribution >= 4 is 24.6 Å². The van der Waals surface area contributed by atoms with Crippen molar-refractivity contribution in [1.29, 1.82) is 0 Å². The molecule has 12 N–H and O–H groups in total. The van der Waals surface area contributed by atoms with Crippen LogP contribution in [0.25, 0.3) is 0 Å². The van der Waals surface area contributed by atoms with E-state index in [0.717, 1.165) is 28.8 Å². The number of ether oxygens (including phenoxy) is 5. The summed E-state index contributed by atoms with van der Waals surface area (Å²) in [7, 11) is 0. The summed E-state index contributed by atoms with van der Waals surface area (Å²) in [6, 6.07) is 5.90. The van der Waals surface area contributed by atoms with Crippen LogP contribution in [-0.4, -0.2) is 173 Å². The molecule has 2 saturated heterocycles. The highest BCUT2D eigenvalue weighted by Gasteiger charge is 2.54. The minimum Gasteiger partial charge on any atom is -0.507 e. The number of esters is 2. The minimum absolute atomic E-state index is 0.00347. The second kappa shape index (κ2) is 23.3. The summed E-state index contributed by atoms with van der Waals surface area (Å²) in [4.78, 5) is 22.6. The van der Waals surface area contributed by atoms with Crippen LogP contribution in [0.4, 0.5) is 0 Å². The lowest BCUT2D eigenvalue weighted by Crippen LogP contribution is -2.60. The van der Waals surface area contributed by atoms with E-state index in [-0.39, 0.29) is 47.9 Å². The van der Waals surface area contributed by atoms with Crippen LogP contribution in [-0.2, 0) is 45.9 Å². The van der Waals surface area contributed by atoms with Gasteiger partial charge in [-0.15, -0.1) is 0 Å². The lowest BCUT2D eigenvalue weighted by molar-refractivity contribution is -0.244. The number of benzene rings is 2. The molecule has 6 unspecified atom stereocenters. The van der Waals surface area contributed by atoms with E-state index >= 15 is 0 Å². The number of thiol groups is 1. The molecule has 2 aromatic rings. The van der Waals surface area contributed by atoms with Gasteiger partial charge in [0.25, 0.3) is 0 Å². The maximum absolute atomic E-state index is 11.3. The van der Waals surface area contributed by atoms with Gasteiger partial charge in [0.1, 0.15) is 66.8 Å². The van der Waals surface area contributed by atoms with Crippen LogP contribution >= 0.6 is 12.6 Å². The van der Waals surface area contributed by atoms with E-state index in [1.807, 2.05) is 19.1 Å². The summed E-state index contributed by atoms with van der Waals surface area (Å²) in [5.41, 5.74) is 0.579. The van der Waals surface area contributed by atoms with Crippen LogP contribution in [0.5, 0.6) is 23.0 Å². The van der Waals surface area contributed by atoms with Crippen molar-refractivity contribution in [2.45, 2.75) is 127 Å². The molecule has 2 aromatic carbocycles. The van der Waals surface area contributed by atoms with Crippen LogP contribution in [0, 0.1) is 0 Å². The number of aliphatic hydroxyl groups is 8. The monoisotopic (exact) mass is 892 g/mol. The molecule has 348 valence electrons. The average molecular weight is 893 g/mol. The number of hydrogen-bond donors (Lipinski definition) is 13. The lowest BCUT2D eigenvalue weighted by Gasteiger charge is -2.40. The van der Waals surface area contributed by atoms with Gasteiger partial charge in [0.2, 0.25) is 0 Å². The Morgan fingerprint density at radius 1 is 0.738 bits per heavy atom. The van der Waals surface area contributed by atoms with E-state index < -0.39 is 104 Å². The number of rotatable bonds is 13. The second-order valence-electron chi connectivity index (χ2n) is 16.7. The summed E-state index contributed by atoms with van der Waals surface area (Å²) in [6.45, 7) is 12.1. The zero-order valence-corrected chi connectivity index (χ0v) is 36.4. The molecule has 0 radical (unpaired) electrons. The Kier molecular flexibility index (Phi) is 20.4. The molecule has 2 aliphatic rings. The molecule has 9 atom stereocenters. The summed E-state index contributed by atoms with van der Waals surface area (Å²) in [5, 5.41) is 115. The molecule has 4 rings (SSSR count). The topological polar surface area (TPSA) is 323 Å². The van der Waals surface area contributed by atoms with E-state index in [4.69, 9.17) is 49.2 Å². The first kappa shape index (κ1) is 53.6. The highest BCUT2D eigenvalue weighted by atomic mass is 32.1. The molecule has 0 aliphatic carbocycles. The standard InChI is InChI=1S/C17H26O3S.C14H26O11.C10H12O5/c1-16(2,3)12-7-11(9-20-14(18)10-21)8-13(15(12)19)17(4,5)6;15-1-6-9(18)12(21)10(19)8(24-6)3-23-5-14(4-17)13(22)11(20)7(2-16)25-14;1-2-3-15-10(14)6-4-7(11)9(13)8(12)5-6/h7-8,19,21H,9-10H2,1-6H3;6-13,15-22H,1-5H2;4-5,11-13H,2-3H2,1H3/t;6?,7-,8?,9?,10?,11?,12?,13-,14+;/m.1./s1. The van der Waals surface area contributed by atoms with Crippen molar-refractivity contribution < 1.29 is 94.6 Å². The van der Waals surface area contributed by atoms with Crippen molar-refractivity contribution in [3.63, 3.8) is 0 Å². The SMILES string of the molecule is CC(C)(C)c1cc(COC(=O)CS)cc(C(C)(C)C)c1O.CCCOC(=O)c1cc(O)c(O)c(O)c1.OCC1OC(COC[C@]2(CO)O[C@H](CO)C(O)[C@H]2O)C(O)C(O)C1O. The number of phenols is 4. The van der Waals surface area contributed by atoms with E-state index in [1.165, 1.54) is 0 Å². The summed E-state index contributed by atoms with van der Waals surface area (Å²) in [5.74, 6) is -2.36. The smallest absolute Gasteiger partial charge is 0.338 e. The van der Waals surface area contributed by atoms with Crippen LogP contribution in [0.15, 0.2) is 24.3 Å². The fraction of sp³-hybridized carbons (Fsp3) is 0.659. The van der Waals surface area contributed by atoms with Gasteiger partial charge < -0.3 is 85.0 Å². The molecule has 0 aromatic heterocycles. The minimum atomic E-state index is -1.67. The number of carbonyl (C=O) groups is 2. The molecule has 0 amide bonds. The molecule has 61 heavy (non-hydrogen) atoms. The molecular weight excluding hydrogens is 828 g/mol. The zero-order valence-electron chi connectivity index (χ0n) is 35.5. The van der Waals surface area contributed by atoms with Gasteiger partial charge in [-0.1, -0.05) is 48.5 Å². The lowest BCUT2D eigenvalue weighted by atomic mass is 9.78. The molecule has 20 heteroatoms. The van der Waals surface area contributed by atoms with Gasteiger partial charge in [0.05, 0.1) is 51.0 Å². The second-order valence-corrected chi connectivity index (χ2v) is 17.1. The molecule has 2 aliphatic heterocycles. The Morgan fingerprint density at radius 2 is 1.26 bits per heavy atom. The summed E-state index contributed by atoms with van der Waals surface area (Å²) in [6.07, 6.45) is -9.98. The normalized spacial score (nSPS) is 26.4. The van der Waals surface area contributed by atoms with Gasteiger partial charge in [-0.3, -0.25) is 4.79 Å². The fourth-order valence-corrected chi connectivity index (χ4v) is 6.28. The van der Waals surface area contributed by atoms with Crippen molar-refractivity contribution in [1.82, 2.24) is 0 Å². The third-order valence-corrected chi connectivity index (χ3v) is 10.0. The third-order valence-electron chi connectivity index (χ3n) is 9.75. The van der Waals surface area contributed by atoms with Gasteiger partial charge in [-0.25, -0.2) is 4.79 Å². The van der Waals surface area contributed by atoms with Crippen LogP contribution in [0.1, 0.15) is 81.9 Å². The van der Waals surface area contributed by atoms with E-state index in [1.54, 1.807) is 0 Å². The van der Waals surface area contributed by atoms with Gasteiger partial charge in [0, 0.05) is 0 Å². The quantitative estimate of drug-likeness (QED) is 0.0716. The van der Waals surface area contributed by atoms with Crippen molar-refractivity contribution in [3.05, 3.63) is 46.5 Å². The first-order chi connectivity index (χ1) is 28.3. The number of carbonyl (C=O) groups excluding carboxylic acids is 2. The predicted molar refractivity (Wildman–Crippen MR) is 220 cm³/mol. The first-order valence-electron chi connectivity index (χ1n) is 19.5. The molecule has 0 saturated carbocycles. The van der Waals surface area contributed by atoms with Gasteiger partial charge >= 0.3 is 11.9 Å². The van der Waals surface area contributed by atoms with Gasteiger partial charge in [0.15, 0.2) is 17.2 Å². The van der Waals surface area contributed by atoms with Crippen molar-refractivity contribution in [3.8, 4) is 23.0 Å². The van der Waals surface area contributed by atoms with E-state index in [2.05, 4.69) is 54.2 Å². The van der Waals surface area contributed by atoms with E-state index in [9.17, 15) is 45.3 Å². The van der Waals surface area contributed by atoms with Gasteiger partial charge in [-0.05, 0) is 58.2 Å². The van der Waals surface area contributed by atoms with Crippen LogP contribution in [0.2, 0.25) is 0 Å². The summed E-state index contributed by atoms with van der Waals surface area (Å²) >= 11 is 3.90. The average Bonchev–Trinajstić information content (AvgIpc) is 3.45. The van der Waals surface area contributed by atoms with E-state index in [0.29, 0.717) is 12.2 Å². The summed E-state index contributed by atoms with van der Waals surface area (Å²) < 4.78 is 25.8. The number of phenolic OH excluding ortho intramolecular Hbond substituents is 4. The molecular formula is C41H64O19S. The largest absolute Gasteiger partial charge is 0.507 e. The van der Waals surface area contributed by atoms with Crippen molar-refractivity contribution in [2.75, 3.05) is 45.4 Å². The van der Waals surface area contributed by atoms with Gasteiger partial charge in [-0.2, -0.15) is 12.6 Å². The fourth-order valence-electron chi connectivity index (χ4n) is 6.19. The Labute approximate surface area is 360 Å². The highest BCUT2D eigenvalue weighted by molar-refractivity contribution is 7.81. The predicted octanol–water partition coefficient (Wildman–Crippen LogP) is 0.0198. The Balaban J connectivity index is 0.000000325. The molecule has 2 fully saturated rings. The Bertz CT molecular complexity index is 1650. The Morgan fingerprint density at radius 3 is 1.70 bits per heavy atom. The molecule has 19 nitrogen and oxygen atoms in total. The maximum Gasteiger partial charge on any atom is 0.338 e.